The predicted molar refractivity (Wildman–Crippen MR) is 71.3 cm³/mol. The Balaban J connectivity index is 2.60. The highest BCUT2D eigenvalue weighted by atomic mass is 32.1. The van der Waals surface area contributed by atoms with Gasteiger partial charge in [-0.05, 0) is 27.7 Å². The maximum absolute atomic E-state index is 11.5. The second kappa shape index (κ2) is 6.01. The van der Waals surface area contributed by atoms with Crippen LogP contribution < -0.4 is 5.32 Å². The van der Waals surface area contributed by atoms with Gasteiger partial charge in [0, 0.05) is 4.88 Å². The van der Waals surface area contributed by atoms with Gasteiger partial charge in [-0.2, -0.15) is 0 Å². The lowest BCUT2D eigenvalue weighted by molar-refractivity contribution is 0.0523. The zero-order chi connectivity index (χ0) is 14.6. The van der Waals surface area contributed by atoms with Crippen molar-refractivity contribution >= 4 is 23.4 Å². The lowest BCUT2D eigenvalue weighted by Crippen LogP contribution is -2.32. The Hall–Kier alpha value is -1.63. The molecule has 0 fully saturated rings. The molecule has 106 valence electrons. The van der Waals surface area contributed by atoms with Gasteiger partial charge in [0.15, 0.2) is 5.69 Å². The van der Waals surface area contributed by atoms with Crippen LogP contribution in [-0.4, -0.2) is 29.8 Å². The van der Waals surface area contributed by atoms with Crippen LogP contribution in [-0.2, 0) is 16.0 Å². The van der Waals surface area contributed by atoms with Crippen molar-refractivity contribution in [2.45, 2.75) is 39.8 Å². The summed E-state index contributed by atoms with van der Waals surface area (Å²) in [4.78, 5) is 27.7. The molecule has 1 N–H and O–H groups in total. The first-order valence-corrected chi connectivity index (χ1v) is 6.56. The highest BCUT2D eigenvalue weighted by Crippen LogP contribution is 2.18. The van der Waals surface area contributed by atoms with Gasteiger partial charge >= 0.3 is 12.1 Å². The fourth-order valence-electron chi connectivity index (χ4n) is 1.27. The first-order chi connectivity index (χ1) is 8.73. The number of amides is 1. The third-order valence-electron chi connectivity index (χ3n) is 2.00. The molecule has 0 aliphatic heterocycles. The number of ether oxygens (including phenoxy) is 2. The topological polar surface area (TPSA) is 77.5 Å². The van der Waals surface area contributed by atoms with Crippen molar-refractivity contribution in [2.75, 3.05) is 7.11 Å². The molecule has 1 amide bonds. The van der Waals surface area contributed by atoms with E-state index in [1.807, 2.05) is 0 Å². The minimum Gasteiger partial charge on any atom is -0.464 e. The molecule has 1 aromatic heterocycles. The highest BCUT2D eigenvalue weighted by Gasteiger charge is 2.18. The molecule has 1 heterocycles. The number of carbonyl (C=O) groups excluding carboxylic acids is 2. The average molecular weight is 286 g/mol. The van der Waals surface area contributed by atoms with Gasteiger partial charge in [-0.15, -0.1) is 11.3 Å². The molecule has 0 aliphatic rings. The number of nitrogens with zero attached hydrogens (tertiary/aromatic N) is 1. The lowest BCUT2D eigenvalue weighted by Gasteiger charge is -2.19. The zero-order valence-corrected chi connectivity index (χ0v) is 12.5. The number of thiazole rings is 1. The number of aryl methyl sites for hydroxylation is 1. The Morgan fingerprint density at radius 1 is 1.37 bits per heavy atom. The summed E-state index contributed by atoms with van der Waals surface area (Å²) in [6.07, 6.45) is -0.514. The number of carbonyl (C=O) groups is 2. The second-order valence-corrected chi connectivity index (χ2v) is 6.15. The summed E-state index contributed by atoms with van der Waals surface area (Å²) < 4.78 is 9.72. The van der Waals surface area contributed by atoms with Gasteiger partial charge in [0.05, 0.1) is 13.7 Å². The van der Waals surface area contributed by atoms with E-state index in [0.717, 1.165) is 4.88 Å². The fraction of sp³-hybridized carbons (Fsp3) is 0.583. The molecule has 0 aliphatic carbocycles. The van der Waals surface area contributed by atoms with E-state index in [0.29, 0.717) is 5.01 Å². The zero-order valence-electron chi connectivity index (χ0n) is 11.7. The van der Waals surface area contributed by atoms with Crippen LogP contribution in [0.15, 0.2) is 0 Å². The van der Waals surface area contributed by atoms with Crippen molar-refractivity contribution in [1.82, 2.24) is 10.3 Å². The first kappa shape index (κ1) is 15.4. The molecule has 6 nitrogen and oxygen atoms in total. The van der Waals surface area contributed by atoms with E-state index < -0.39 is 17.7 Å². The molecular formula is C12H18N2O4S. The van der Waals surface area contributed by atoms with Crippen molar-refractivity contribution < 1.29 is 19.1 Å². The van der Waals surface area contributed by atoms with E-state index in [1.54, 1.807) is 27.7 Å². The minimum atomic E-state index is -0.542. The van der Waals surface area contributed by atoms with E-state index in [9.17, 15) is 9.59 Å². The molecular weight excluding hydrogens is 268 g/mol. The smallest absolute Gasteiger partial charge is 0.408 e. The van der Waals surface area contributed by atoms with Crippen molar-refractivity contribution in [1.29, 1.82) is 0 Å². The molecule has 0 unspecified atom stereocenters. The Labute approximate surface area is 116 Å². The predicted octanol–water partition coefficient (Wildman–Crippen LogP) is 2.26. The molecule has 7 heteroatoms. The summed E-state index contributed by atoms with van der Waals surface area (Å²) in [6, 6.07) is 0. The number of alkyl carbamates (subject to hydrolysis) is 1. The van der Waals surface area contributed by atoms with E-state index in [2.05, 4.69) is 15.0 Å². The van der Waals surface area contributed by atoms with Gasteiger partial charge in [0.1, 0.15) is 10.6 Å². The summed E-state index contributed by atoms with van der Waals surface area (Å²) in [6.45, 7) is 7.36. The standard InChI is InChI=1S/C12H18N2O4S/c1-7-9(10(15)17-5)14-8(19-7)6-13-11(16)18-12(2,3)4/h6H2,1-5H3,(H,13,16). The van der Waals surface area contributed by atoms with E-state index in [-0.39, 0.29) is 12.2 Å². The highest BCUT2D eigenvalue weighted by molar-refractivity contribution is 7.11. The number of methoxy groups -OCH3 is 1. The van der Waals surface area contributed by atoms with Gasteiger partial charge in [0.25, 0.3) is 0 Å². The molecule has 0 spiro atoms. The lowest BCUT2D eigenvalue weighted by atomic mass is 10.2. The third kappa shape index (κ3) is 4.86. The van der Waals surface area contributed by atoms with Crippen LogP contribution in [0.4, 0.5) is 4.79 Å². The summed E-state index contributed by atoms with van der Waals surface area (Å²) in [5.41, 5.74) is -0.256. The van der Waals surface area contributed by atoms with Gasteiger partial charge in [-0.1, -0.05) is 0 Å². The Morgan fingerprint density at radius 3 is 2.53 bits per heavy atom. The van der Waals surface area contributed by atoms with E-state index >= 15 is 0 Å². The molecule has 19 heavy (non-hydrogen) atoms. The summed E-state index contributed by atoms with van der Waals surface area (Å²) in [5, 5.41) is 3.22. The number of hydrogen-bond acceptors (Lipinski definition) is 6. The molecule has 0 saturated carbocycles. The average Bonchev–Trinajstić information content (AvgIpc) is 2.65. The number of nitrogens with one attached hydrogen (secondary N) is 1. The first-order valence-electron chi connectivity index (χ1n) is 5.74. The molecule has 0 bridgehead atoms. The quantitative estimate of drug-likeness (QED) is 0.862. The summed E-state index contributed by atoms with van der Waals surface area (Å²) in [7, 11) is 1.31. The van der Waals surface area contributed by atoms with Crippen LogP contribution in [0.25, 0.3) is 0 Å². The molecule has 1 rings (SSSR count). The number of esters is 1. The molecule has 0 atom stereocenters. The number of aromatic nitrogens is 1. The van der Waals surface area contributed by atoms with Crippen LogP contribution in [0.2, 0.25) is 0 Å². The van der Waals surface area contributed by atoms with Gasteiger partial charge in [-0.3, -0.25) is 0 Å². The Morgan fingerprint density at radius 2 is 2.00 bits per heavy atom. The second-order valence-electron chi connectivity index (χ2n) is 4.86. The summed E-state index contributed by atoms with van der Waals surface area (Å²) in [5.74, 6) is -0.475. The van der Waals surface area contributed by atoms with Crippen LogP contribution >= 0.6 is 11.3 Å². The van der Waals surface area contributed by atoms with Crippen molar-refractivity contribution in [2.24, 2.45) is 0 Å². The van der Waals surface area contributed by atoms with E-state index in [4.69, 9.17) is 4.74 Å². The monoisotopic (exact) mass is 286 g/mol. The van der Waals surface area contributed by atoms with Crippen LogP contribution in [0, 0.1) is 6.92 Å². The van der Waals surface area contributed by atoms with Gasteiger partial charge in [0.2, 0.25) is 0 Å². The van der Waals surface area contributed by atoms with Crippen molar-refractivity contribution in [3.8, 4) is 0 Å². The van der Waals surface area contributed by atoms with Crippen LogP contribution in [0.1, 0.15) is 41.1 Å². The fourth-order valence-corrected chi connectivity index (χ4v) is 2.14. The number of hydrogen-bond donors (Lipinski definition) is 1. The van der Waals surface area contributed by atoms with Crippen LogP contribution in [0.3, 0.4) is 0 Å². The molecule has 0 aromatic carbocycles. The van der Waals surface area contributed by atoms with Gasteiger partial charge in [-0.25, -0.2) is 14.6 Å². The normalized spacial score (nSPS) is 11.0. The van der Waals surface area contributed by atoms with E-state index in [1.165, 1.54) is 18.4 Å². The van der Waals surface area contributed by atoms with Crippen molar-refractivity contribution in [3.63, 3.8) is 0 Å². The van der Waals surface area contributed by atoms with Crippen molar-refractivity contribution in [3.05, 3.63) is 15.6 Å². The summed E-state index contributed by atoms with van der Waals surface area (Å²) >= 11 is 1.34. The SMILES string of the molecule is COC(=O)c1nc(CNC(=O)OC(C)(C)C)sc1C. The maximum atomic E-state index is 11.5. The largest absolute Gasteiger partial charge is 0.464 e. The van der Waals surface area contributed by atoms with Gasteiger partial charge < -0.3 is 14.8 Å². The number of rotatable bonds is 3. The third-order valence-corrected chi connectivity index (χ3v) is 2.97. The molecule has 0 saturated heterocycles. The van der Waals surface area contributed by atoms with Crippen LogP contribution in [0.5, 0.6) is 0 Å². The Bertz CT molecular complexity index is 477. The Kier molecular flexibility index (Phi) is 4.88. The molecule has 1 aromatic rings. The maximum Gasteiger partial charge on any atom is 0.408 e. The minimum absolute atomic E-state index is 0.220. The molecule has 0 radical (unpaired) electrons.